The van der Waals surface area contributed by atoms with E-state index >= 15 is 0 Å². The molecule has 3 rings (SSSR count). The molecular formula is C21H20O6. The predicted molar refractivity (Wildman–Crippen MR) is 99.3 cm³/mol. The summed E-state index contributed by atoms with van der Waals surface area (Å²) in [5.41, 5.74) is 1.22. The molecule has 0 aromatic heterocycles. The maximum absolute atomic E-state index is 12.3. The highest BCUT2D eigenvalue weighted by atomic mass is 16.6. The summed E-state index contributed by atoms with van der Waals surface area (Å²) in [6.45, 7) is 2.56. The molecule has 0 bridgehead atoms. The van der Waals surface area contributed by atoms with Gasteiger partial charge in [-0.2, -0.15) is 0 Å². The van der Waals surface area contributed by atoms with Gasteiger partial charge in [-0.15, -0.1) is 0 Å². The zero-order valence-electron chi connectivity index (χ0n) is 15.1. The number of hydrogen-bond acceptors (Lipinski definition) is 6. The second kappa shape index (κ2) is 8.40. The highest BCUT2D eigenvalue weighted by Gasteiger charge is 2.18. The molecule has 0 radical (unpaired) electrons. The molecule has 1 aliphatic rings. The fourth-order valence-corrected chi connectivity index (χ4v) is 2.58. The lowest BCUT2D eigenvalue weighted by molar-refractivity contribution is -0.140. The van der Waals surface area contributed by atoms with Crippen molar-refractivity contribution in [3.63, 3.8) is 0 Å². The lowest BCUT2D eigenvalue weighted by atomic mass is 10.1. The first-order chi connectivity index (χ1) is 13.1. The quantitative estimate of drug-likeness (QED) is 0.443. The minimum Gasteiger partial charge on any atom is -0.497 e. The molecule has 0 unspecified atom stereocenters. The fraction of sp³-hybridized carbons (Fsp3) is 0.238. The molecule has 6 heteroatoms. The Bertz CT molecular complexity index is 853. The van der Waals surface area contributed by atoms with Crippen molar-refractivity contribution in [3.05, 3.63) is 59.7 Å². The summed E-state index contributed by atoms with van der Waals surface area (Å²) in [7, 11) is 1.55. The SMILES string of the molecule is COc1ccc(C(=O)[C@H](C)OC(=O)/C=C/c2ccc3c(c2)OCCO3)cc1. The number of carbonyl (C=O) groups is 2. The highest BCUT2D eigenvalue weighted by Crippen LogP contribution is 2.31. The van der Waals surface area contributed by atoms with Gasteiger partial charge in [0.25, 0.3) is 0 Å². The number of ketones is 1. The molecule has 2 aromatic carbocycles. The van der Waals surface area contributed by atoms with Crippen molar-refractivity contribution in [1.29, 1.82) is 0 Å². The maximum Gasteiger partial charge on any atom is 0.331 e. The van der Waals surface area contributed by atoms with Crippen molar-refractivity contribution in [3.8, 4) is 17.2 Å². The van der Waals surface area contributed by atoms with E-state index in [4.69, 9.17) is 18.9 Å². The van der Waals surface area contributed by atoms with Crippen molar-refractivity contribution in [1.82, 2.24) is 0 Å². The number of rotatable bonds is 6. The van der Waals surface area contributed by atoms with Crippen molar-refractivity contribution in [2.24, 2.45) is 0 Å². The zero-order valence-corrected chi connectivity index (χ0v) is 15.1. The monoisotopic (exact) mass is 368 g/mol. The van der Waals surface area contributed by atoms with Crippen LogP contribution in [0.2, 0.25) is 0 Å². The van der Waals surface area contributed by atoms with Crippen molar-refractivity contribution < 1.29 is 28.5 Å². The van der Waals surface area contributed by atoms with Gasteiger partial charge in [0, 0.05) is 11.6 Å². The molecule has 27 heavy (non-hydrogen) atoms. The van der Waals surface area contributed by atoms with E-state index in [9.17, 15) is 9.59 Å². The van der Waals surface area contributed by atoms with Gasteiger partial charge in [0.2, 0.25) is 5.78 Å². The molecule has 1 aliphatic heterocycles. The van der Waals surface area contributed by atoms with Crippen molar-refractivity contribution in [2.75, 3.05) is 20.3 Å². The lowest BCUT2D eigenvalue weighted by Crippen LogP contribution is -2.23. The molecule has 0 fully saturated rings. The highest BCUT2D eigenvalue weighted by molar-refractivity contribution is 6.01. The number of benzene rings is 2. The second-order valence-corrected chi connectivity index (χ2v) is 5.91. The van der Waals surface area contributed by atoms with Crippen LogP contribution in [0.4, 0.5) is 0 Å². The van der Waals surface area contributed by atoms with E-state index < -0.39 is 12.1 Å². The van der Waals surface area contributed by atoms with E-state index in [2.05, 4.69) is 0 Å². The molecule has 0 saturated carbocycles. The molecule has 1 heterocycles. The van der Waals surface area contributed by atoms with E-state index in [-0.39, 0.29) is 5.78 Å². The van der Waals surface area contributed by atoms with Crippen LogP contribution < -0.4 is 14.2 Å². The average molecular weight is 368 g/mol. The third-order valence-electron chi connectivity index (χ3n) is 4.01. The normalized spacial score (nSPS) is 13.9. The first kappa shape index (κ1) is 18.5. The summed E-state index contributed by atoms with van der Waals surface area (Å²) in [6.07, 6.45) is 1.99. The zero-order chi connectivity index (χ0) is 19.2. The Hall–Kier alpha value is -3.28. The van der Waals surface area contributed by atoms with E-state index in [1.54, 1.807) is 56.5 Å². The minimum absolute atomic E-state index is 0.279. The topological polar surface area (TPSA) is 71.1 Å². The molecule has 2 aromatic rings. The molecule has 0 N–H and O–H groups in total. The number of Topliss-reactive ketones (excluding diaryl/α,β-unsaturated/α-hetero) is 1. The van der Waals surface area contributed by atoms with Gasteiger partial charge in [0.15, 0.2) is 17.6 Å². The standard InChI is InChI=1S/C21H20O6/c1-14(21(23)16-5-7-17(24-2)8-6-16)27-20(22)10-4-15-3-9-18-19(13-15)26-12-11-25-18/h3-10,13-14H,11-12H2,1-2H3/b10-4+/t14-/m0/s1. The van der Waals surface area contributed by atoms with Gasteiger partial charge in [-0.1, -0.05) is 6.07 Å². The Balaban J connectivity index is 1.59. The molecule has 1 atom stereocenters. The number of ether oxygens (including phenoxy) is 4. The van der Waals surface area contributed by atoms with Gasteiger partial charge in [-0.05, 0) is 55.0 Å². The van der Waals surface area contributed by atoms with Crippen LogP contribution in [-0.2, 0) is 9.53 Å². The van der Waals surface area contributed by atoms with Gasteiger partial charge in [0.1, 0.15) is 19.0 Å². The van der Waals surface area contributed by atoms with E-state index in [0.29, 0.717) is 36.0 Å². The van der Waals surface area contributed by atoms with E-state index in [1.165, 1.54) is 6.08 Å². The van der Waals surface area contributed by atoms with Gasteiger partial charge >= 0.3 is 5.97 Å². The Morgan fingerprint density at radius 2 is 1.74 bits per heavy atom. The van der Waals surface area contributed by atoms with Crippen LogP contribution in [0.1, 0.15) is 22.8 Å². The molecule has 140 valence electrons. The van der Waals surface area contributed by atoms with Gasteiger partial charge in [0.05, 0.1) is 7.11 Å². The van der Waals surface area contributed by atoms with Crippen LogP contribution in [0.3, 0.4) is 0 Å². The Labute approximate surface area is 157 Å². The smallest absolute Gasteiger partial charge is 0.331 e. The molecule has 0 saturated heterocycles. The van der Waals surface area contributed by atoms with Crippen molar-refractivity contribution in [2.45, 2.75) is 13.0 Å². The lowest BCUT2D eigenvalue weighted by Gasteiger charge is -2.18. The molecule has 0 amide bonds. The summed E-state index contributed by atoms with van der Waals surface area (Å²) >= 11 is 0. The maximum atomic E-state index is 12.3. The van der Waals surface area contributed by atoms with Crippen LogP contribution in [-0.4, -0.2) is 38.2 Å². The number of methoxy groups -OCH3 is 1. The third-order valence-corrected chi connectivity index (χ3v) is 4.01. The van der Waals surface area contributed by atoms with Crippen LogP contribution >= 0.6 is 0 Å². The van der Waals surface area contributed by atoms with Gasteiger partial charge < -0.3 is 18.9 Å². The average Bonchev–Trinajstić information content (AvgIpc) is 2.71. The van der Waals surface area contributed by atoms with E-state index in [0.717, 1.165) is 5.56 Å². The Kier molecular flexibility index (Phi) is 5.76. The summed E-state index contributed by atoms with van der Waals surface area (Å²) in [6, 6.07) is 12.0. The molecular weight excluding hydrogens is 348 g/mol. The molecule has 0 spiro atoms. The van der Waals surface area contributed by atoms with Gasteiger partial charge in [-0.25, -0.2) is 4.79 Å². The number of fused-ring (bicyclic) bond motifs is 1. The minimum atomic E-state index is -0.893. The van der Waals surface area contributed by atoms with Crippen LogP contribution in [0.5, 0.6) is 17.2 Å². The van der Waals surface area contributed by atoms with Crippen LogP contribution in [0.15, 0.2) is 48.5 Å². The molecule has 6 nitrogen and oxygen atoms in total. The Morgan fingerprint density at radius 3 is 2.44 bits per heavy atom. The first-order valence-corrected chi connectivity index (χ1v) is 8.53. The predicted octanol–water partition coefficient (Wildman–Crippen LogP) is 3.29. The fourth-order valence-electron chi connectivity index (χ4n) is 2.58. The molecule has 0 aliphatic carbocycles. The summed E-state index contributed by atoms with van der Waals surface area (Å²) in [5, 5.41) is 0. The third kappa shape index (κ3) is 4.67. The Morgan fingerprint density at radius 1 is 1.04 bits per heavy atom. The number of esters is 1. The second-order valence-electron chi connectivity index (χ2n) is 5.91. The number of hydrogen-bond donors (Lipinski definition) is 0. The van der Waals surface area contributed by atoms with Crippen LogP contribution in [0.25, 0.3) is 6.08 Å². The van der Waals surface area contributed by atoms with Crippen molar-refractivity contribution >= 4 is 17.8 Å². The summed E-state index contributed by atoms with van der Waals surface area (Å²) < 4.78 is 21.2. The largest absolute Gasteiger partial charge is 0.497 e. The van der Waals surface area contributed by atoms with Crippen LogP contribution in [0, 0.1) is 0 Å². The van der Waals surface area contributed by atoms with Gasteiger partial charge in [-0.3, -0.25) is 4.79 Å². The first-order valence-electron chi connectivity index (χ1n) is 8.53. The summed E-state index contributed by atoms with van der Waals surface area (Å²) in [5.74, 6) is 1.09. The number of carbonyl (C=O) groups excluding carboxylic acids is 2. The van der Waals surface area contributed by atoms with E-state index in [1.807, 2.05) is 6.07 Å². The summed E-state index contributed by atoms with van der Waals surface area (Å²) in [4.78, 5) is 24.4.